The molecular weight excluding hydrogens is 786 g/mol. The molecule has 12 N–H and O–H groups in total. The van der Waals surface area contributed by atoms with E-state index >= 15 is 0 Å². The summed E-state index contributed by atoms with van der Waals surface area (Å²) in [4.78, 5) is 109. The lowest BCUT2D eigenvalue weighted by Crippen LogP contribution is -2.62. The van der Waals surface area contributed by atoms with Crippen molar-refractivity contribution in [3.05, 3.63) is 111 Å². The van der Waals surface area contributed by atoms with Gasteiger partial charge in [-0.05, 0) is 37.1 Å². The molecule has 322 valence electrons. The summed E-state index contributed by atoms with van der Waals surface area (Å²) in [6.45, 7) is 2.74. The number of nitrogens with zero attached hydrogens (tertiary/aromatic N) is 3. The molecular formula is C39H49N9O12. The number of aliphatic hydroxyl groups excluding tert-OH is 1. The van der Waals surface area contributed by atoms with E-state index in [0.29, 0.717) is 16.0 Å². The van der Waals surface area contributed by atoms with E-state index in [1.807, 2.05) is 4.98 Å². The van der Waals surface area contributed by atoms with Gasteiger partial charge in [0.25, 0.3) is 11.5 Å². The molecule has 60 heavy (non-hydrogen) atoms. The van der Waals surface area contributed by atoms with Gasteiger partial charge in [-0.2, -0.15) is 0 Å². The minimum Gasteiger partial charge on any atom is -0.508 e. The molecule has 2 aromatic carbocycles. The van der Waals surface area contributed by atoms with Gasteiger partial charge in [0, 0.05) is 45.0 Å². The maximum absolute atomic E-state index is 14.5. The third-order valence-corrected chi connectivity index (χ3v) is 9.59. The first-order chi connectivity index (χ1) is 28.3. The number of ether oxygens (including phenoxy) is 1. The van der Waals surface area contributed by atoms with E-state index in [9.17, 15) is 53.7 Å². The van der Waals surface area contributed by atoms with E-state index < -0.39 is 108 Å². The lowest BCUT2D eigenvalue weighted by atomic mass is 9.96. The van der Waals surface area contributed by atoms with Crippen LogP contribution in [0.25, 0.3) is 0 Å². The van der Waals surface area contributed by atoms with Gasteiger partial charge in [0.15, 0.2) is 5.78 Å². The molecule has 0 spiro atoms. The fraction of sp³-hybridized carbons (Fsp3) is 0.385. The van der Waals surface area contributed by atoms with Crippen molar-refractivity contribution in [1.29, 1.82) is 0 Å². The van der Waals surface area contributed by atoms with Gasteiger partial charge in [-0.3, -0.25) is 33.5 Å². The molecule has 21 heteroatoms. The molecule has 21 nitrogen and oxygen atoms in total. The van der Waals surface area contributed by atoms with E-state index in [-0.39, 0.29) is 24.4 Å². The van der Waals surface area contributed by atoms with Crippen LogP contribution in [-0.2, 0) is 41.6 Å². The Morgan fingerprint density at radius 1 is 0.917 bits per heavy atom. The summed E-state index contributed by atoms with van der Waals surface area (Å²) < 4.78 is 6.61. The van der Waals surface area contributed by atoms with Crippen molar-refractivity contribution in [2.45, 2.75) is 88.1 Å². The van der Waals surface area contributed by atoms with Crippen LogP contribution in [0.5, 0.6) is 5.75 Å². The predicted octanol–water partition coefficient (Wildman–Crippen LogP) is -1.87. The van der Waals surface area contributed by atoms with Gasteiger partial charge in [-0.15, -0.1) is 0 Å². The molecule has 3 aromatic rings. The van der Waals surface area contributed by atoms with Crippen LogP contribution in [0.2, 0.25) is 0 Å². The second-order valence-corrected chi connectivity index (χ2v) is 14.4. The van der Waals surface area contributed by atoms with Crippen LogP contribution in [0.3, 0.4) is 0 Å². The summed E-state index contributed by atoms with van der Waals surface area (Å²) >= 11 is 0. The number of phenols is 1. The number of carboxylic acids is 1. The zero-order valence-electron chi connectivity index (χ0n) is 33.0. The Labute approximate surface area is 342 Å². The van der Waals surface area contributed by atoms with Crippen molar-refractivity contribution in [3.8, 4) is 5.75 Å². The minimum absolute atomic E-state index is 0.129. The number of aromatic nitrogens is 2. The number of carboxylic acid groups (broad SMARTS) is 1. The number of aromatic amines is 1. The Hall–Kier alpha value is -6.68. The molecule has 1 aliphatic rings. The standard InChI is InChI=1S/C39H49N9O12/c1-20(40)29(50)18-28(46(3)34(54)26(43-33(53)21(2)41)16-23-10-7-11-24(49)14-23)32(42)35(55)48(38(58)44-27(37(56)57)15-22-8-5-4-6-9-22)19-25-17-30(51)36(60-25)47-13-12-31(52)45-39(47)59/h4-14,19-21,26-28,30,32,36,49,51H,15-18,40-42H2,1-3H3,(H,43,53)(H,44,58)(H,56,57)(H,45,52,59)/b25-19+/t20-,21-,26-,27?,28?,30?,32?,36?/m0/s1. The zero-order valence-corrected chi connectivity index (χ0v) is 33.0. The molecule has 5 amide bonds. The maximum Gasteiger partial charge on any atom is 0.331 e. The van der Waals surface area contributed by atoms with Crippen LogP contribution in [0.15, 0.2) is 88.4 Å². The number of phenolic OH excluding ortho intramolecular Hbond substituents is 1. The van der Waals surface area contributed by atoms with E-state index in [2.05, 4.69) is 10.6 Å². The highest BCUT2D eigenvalue weighted by molar-refractivity contribution is 6.00. The highest BCUT2D eigenvalue weighted by Gasteiger charge is 2.41. The molecule has 4 rings (SSSR count). The molecule has 1 fully saturated rings. The van der Waals surface area contributed by atoms with Crippen molar-refractivity contribution in [2.24, 2.45) is 17.2 Å². The molecule has 0 saturated carbocycles. The van der Waals surface area contributed by atoms with Gasteiger partial charge in [-0.1, -0.05) is 42.5 Å². The smallest absolute Gasteiger partial charge is 0.331 e. The third-order valence-electron chi connectivity index (χ3n) is 9.59. The Morgan fingerprint density at radius 2 is 1.57 bits per heavy atom. The Kier molecular flexibility index (Phi) is 15.6. The second-order valence-electron chi connectivity index (χ2n) is 14.4. The van der Waals surface area contributed by atoms with Crippen molar-refractivity contribution in [1.82, 2.24) is 30.0 Å². The van der Waals surface area contributed by atoms with Crippen molar-refractivity contribution < 1.29 is 48.8 Å². The van der Waals surface area contributed by atoms with Crippen molar-refractivity contribution >= 4 is 35.5 Å². The van der Waals surface area contributed by atoms with E-state index in [4.69, 9.17) is 21.9 Å². The summed E-state index contributed by atoms with van der Waals surface area (Å²) in [7, 11) is 1.20. The van der Waals surface area contributed by atoms with Gasteiger partial charge in [0.1, 0.15) is 35.7 Å². The number of hydrogen-bond acceptors (Lipinski definition) is 14. The number of ketones is 1. The van der Waals surface area contributed by atoms with Gasteiger partial charge in [0.2, 0.25) is 18.0 Å². The van der Waals surface area contributed by atoms with E-state index in [0.717, 1.165) is 27.9 Å². The van der Waals surface area contributed by atoms with Gasteiger partial charge in [0.05, 0.1) is 24.3 Å². The number of aromatic hydroxyl groups is 1. The average molecular weight is 836 g/mol. The van der Waals surface area contributed by atoms with Gasteiger partial charge >= 0.3 is 17.7 Å². The largest absolute Gasteiger partial charge is 0.508 e. The maximum atomic E-state index is 14.5. The molecule has 1 saturated heterocycles. The number of carbonyl (C=O) groups is 6. The van der Waals surface area contributed by atoms with Crippen LogP contribution in [-0.4, -0.2) is 120 Å². The normalized spacial score (nSPS) is 18.5. The van der Waals surface area contributed by atoms with Crippen molar-refractivity contribution in [3.63, 3.8) is 0 Å². The number of nitrogens with two attached hydrogens (primary N) is 3. The SMILES string of the molecule is C[C@H](N)C(=O)CC(C(N)C(=O)N(/C=C1\CC(O)C(n2ccc(=O)[nH]c2=O)O1)C(=O)NC(Cc1ccccc1)C(=O)O)N(C)C(=O)[C@H](Cc1cccc(O)c1)NC(=O)[C@H](C)N. The van der Waals surface area contributed by atoms with Gasteiger partial charge < -0.3 is 52.8 Å². The van der Waals surface area contributed by atoms with E-state index in [1.54, 1.807) is 36.4 Å². The van der Waals surface area contributed by atoms with Crippen LogP contribution < -0.4 is 39.1 Å². The fourth-order valence-corrected chi connectivity index (χ4v) is 6.23. The Morgan fingerprint density at radius 3 is 2.17 bits per heavy atom. The lowest BCUT2D eigenvalue weighted by Gasteiger charge is -2.36. The summed E-state index contributed by atoms with van der Waals surface area (Å²) in [5.74, 6) is -5.42. The molecule has 1 aliphatic heterocycles. The first kappa shape index (κ1) is 46.0. The summed E-state index contributed by atoms with van der Waals surface area (Å²) in [6, 6.07) is 5.05. The van der Waals surface area contributed by atoms with Gasteiger partial charge in [-0.25, -0.2) is 19.3 Å². The number of amides is 5. The molecule has 8 atom stereocenters. The lowest BCUT2D eigenvalue weighted by molar-refractivity contribution is -0.141. The number of Topliss-reactive ketones (excluding diaryl/α,β-unsaturated/α-hetero) is 1. The summed E-state index contributed by atoms with van der Waals surface area (Å²) in [6.07, 6.45) is -2.50. The first-order valence-electron chi connectivity index (χ1n) is 18.7. The number of carbonyl (C=O) groups excluding carboxylic acids is 5. The Bertz CT molecular complexity index is 2210. The summed E-state index contributed by atoms with van der Waals surface area (Å²) in [5.41, 5.74) is 17.5. The number of aliphatic carboxylic acids is 1. The van der Waals surface area contributed by atoms with Crippen LogP contribution >= 0.6 is 0 Å². The third kappa shape index (κ3) is 11.9. The number of rotatable bonds is 17. The Balaban J connectivity index is 1.76. The number of imide groups is 1. The number of H-pyrrole nitrogens is 1. The number of aliphatic hydroxyl groups is 1. The first-order valence-corrected chi connectivity index (χ1v) is 18.7. The molecule has 2 heterocycles. The molecule has 0 radical (unpaired) electrons. The molecule has 0 bridgehead atoms. The summed E-state index contributed by atoms with van der Waals surface area (Å²) in [5, 5.41) is 35.8. The van der Waals surface area contributed by atoms with Crippen LogP contribution in [0.4, 0.5) is 4.79 Å². The molecule has 5 unspecified atom stereocenters. The van der Waals surface area contributed by atoms with E-state index in [1.165, 1.54) is 39.1 Å². The monoisotopic (exact) mass is 835 g/mol. The number of benzene rings is 2. The topological polar surface area (TPSA) is 336 Å². The second kappa shape index (κ2) is 20.3. The number of hydrogen-bond donors (Lipinski definition) is 9. The fourth-order valence-electron chi connectivity index (χ4n) is 6.23. The quantitative estimate of drug-likeness (QED) is 0.0720. The number of likely N-dealkylation sites (N-methyl/N-ethyl adjacent to an activating group) is 1. The average Bonchev–Trinajstić information content (AvgIpc) is 3.56. The van der Waals surface area contributed by atoms with Crippen molar-refractivity contribution in [2.75, 3.05) is 7.05 Å². The molecule has 1 aromatic heterocycles. The highest BCUT2D eigenvalue weighted by atomic mass is 16.5. The molecule has 0 aliphatic carbocycles. The minimum atomic E-state index is -1.95. The van der Waals surface area contributed by atoms with Crippen LogP contribution in [0.1, 0.15) is 44.0 Å². The number of nitrogens with one attached hydrogen (secondary N) is 3. The highest BCUT2D eigenvalue weighted by Crippen LogP contribution is 2.31. The zero-order chi connectivity index (χ0) is 44.4. The number of urea groups is 1. The predicted molar refractivity (Wildman–Crippen MR) is 212 cm³/mol. The van der Waals surface area contributed by atoms with Crippen LogP contribution in [0, 0.1) is 0 Å².